The van der Waals surface area contributed by atoms with Gasteiger partial charge in [-0.3, -0.25) is 4.79 Å². The number of rotatable bonds is 8. The van der Waals surface area contributed by atoms with Crippen LogP contribution in [0.2, 0.25) is 5.02 Å². The van der Waals surface area contributed by atoms with Crippen LogP contribution in [-0.4, -0.2) is 27.3 Å². The number of halogens is 1. The quantitative estimate of drug-likeness (QED) is 0.347. The first-order chi connectivity index (χ1) is 16.0. The van der Waals surface area contributed by atoms with E-state index in [0.717, 1.165) is 32.7 Å². The van der Waals surface area contributed by atoms with Crippen molar-refractivity contribution >= 4 is 34.5 Å². The van der Waals surface area contributed by atoms with Crippen molar-refractivity contribution in [2.45, 2.75) is 33.6 Å². The Morgan fingerprint density at radius 1 is 1.15 bits per heavy atom. The highest BCUT2D eigenvalue weighted by Crippen LogP contribution is 2.27. The highest BCUT2D eigenvalue weighted by molar-refractivity contribution is 7.12. The van der Waals surface area contributed by atoms with Gasteiger partial charge >= 0.3 is 0 Å². The molecule has 0 aliphatic carbocycles. The Labute approximate surface area is 202 Å². The summed E-state index contributed by atoms with van der Waals surface area (Å²) in [5.41, 5.74) is 5.50. The van der Waals surface area contributed by atoms with Crippen molar-refractivity contribution in [1.82, 2.24) is 14.8 Å². The van der Waals surface area contributed by atoms with Crippen molar-refractivity contribution in [2.24, 2.45) is 0 Å². The van der Waals surface area contributed by atoms with E-state index < -0.39 is 0 Å². The number of nitrogens with one attached hydrogen (secondary N) is 1. The molecular formula is C25H25ClN4O2S. The van der Waals surface area contributed by atoms with Crippen LogP contribution in [0.5, 0.6) is 5.75 Å². The number of anilines is 1. The monoisotopic (exact) mass is 480 g/mol. The van der Waals surface area contributed by atoms with Crippen LogP contribution < -0.4 is 10.1 Å². The standard InChI is InChI=1S/C25H25ClN4O2S/c1-4-32-23-12-8-7-11-22(23)28-24(31)14-19-15-33-25(27-19)30-17(3)20(16(2)29-30)13-18-9-5-6-10-21(18)26/h5-12,15H,4,13-14H2,1-3H3,(H,28,31). The number of carbonyl (C=O) groups excluding carboxylic acids is 1. The second kappa shape index (κ2) is 10.2. The van der Waals surface area contributed by atoms with Crippen molar-refractivity contribution in [3.8, 4) is 10.9 Å². The van der Waals surface area contributed by atoms with Gasteiger partial charge in [-0.1, -0.05) is 41.9 Å². The summed E-state index contributed by atoms with van der Waals surface area (Å²) in [7, 11) is 0. The lowest BCUT2D eigenvalue weighted by atomic mass is 10.0. The molecule has 0 fully saturated rings. The molecule has 0 saturated heterocycles. The summed E-state index contributed by atoms with van der Waals surface area (Å²) in [6.07, 6.45) is 0.875. The van der Waals surface area contributed by atoms with Gasteiger partial charge in [-0.05, 0) is 44.5 Å². The molecule has 0 radical (unpaired) electrons. The number of nitrogens with zero attached hydrogens (tertiary/aromatic N) is 3. The second-order valence-corrected chi connectivity index (χ2v) is 8.85. The molecule has 33 heavy (non-hydrogen) atoms. The molecular weight excluding hydrogens is 456 g/mol. The third kappa shape index (κ3) is 5.26. The normalized spacial score (nSPS) is 10.9. The molecule has 0 saturated carbocycles. The predicted molar refractivity (Wildman–Crippen MR) is 133 cm³/mol. The number of hydrogen-bond acceptors (Lipinski definition) is 5. The van der Waals surface area contributed by atoms with Crippen LogP contribution in [0.3, 0.4) is 0 Å². The zero-order valence-electron chi connectivity index (χ0n) is 18.8. The van der Waals surface area contributed by atoms with E-state index in [2.05, 4.69) is 10.3 Å². The molecule has 8 heteroatoms. The van der Waals surface area contributed by atoms with E-state index in [1.807, 2.05) is 79.4 Å². The van der Waals surface area contributed by atoms with Crippen LogP contribution >= 0.6 is 22.9 Å². The first-order valence-electron chi connectivity index (χ1n) is 10.7. The summed E-state index contributed by atoms with van der Waals surface area (Å²) >= 11 is 7.82. The summed E-state index contributed by atoms with van der Waals surface area (Å²) in [4.78, 5) is 17.3. The minimum absolute atomic E-state index is 0.147. The van der Waals surface area contributed by atoms with E-state index in [-0.39, 0.29) is 12.3 Å². The fourth-order valence-corrected chi connectivity index (χ4v) is 4.66. The summed E-state index contributed by atoms with van der Waals surface area (Å²) in [5, 5.41) is 11.0. The van der Waals surface area contributed by atoms with E-state index in [9.17, 15) is 4.79 Å². The molecule has 0 atom stereocenters. The third-order valence-corrected chi connectivity index (χ3v) is 6.52. The van der Waals surface area contributed by atoms with E-state index in [0.29, 0.717) is 30.2 Å². The molecule has 4 rings (SSSR count). The van der Waals surface area contributed by atoms with Crippen LogP contribution in [0.15, 0.2) is 53.9 Å². The van der Waals surface area contributed by atoms with Crippen LogP contribution in [0.1, 0.15) is 35.1 Å². The van der Waals surface area contributed by atoms with Gasteiger partial charge in [0.1, 0.15) is 5.75 Å². The zero-order valence-corrected chi connectivity index (χ0v) is 20.3. The van der Waals surface area contributed by atoms with Gasteiger partial charge in [0.15, 0.2) is 0 Å². The van der Waals surface area contributed by atoms with E-state index in [1.54, 1.807) is 0 Å². The number of hydrogen-bond donors (Lipinski definition) is 1. The number of carbonyl (C=O) groups is 1. The largest absolute Gasteiger partial charge is 0.492 e. The number of ether oxygens (including phenoxy) is 1. The van der Waals surface area contributed by atoms with Crippen molar-refractivity contribution in [3.63, 3.8) is 0 Å². The average Bonchev–Trinajstić information content (AvgIpc) is 3.36. The number of thiazole rings is 1. The van der Waals surface area contributed by atoms with E-state index >= 15 is 0 Å². The Bertz CT molecular complexity index is 1280. The molecule has 0 unspecified atom stereocenters. The number of amides is 1. The van der Waals surface area contributed by atoms with Gasteiger partial charge in [0.2, 0.25) is 11.0 Å². The number of aryl methyl sites for hydroxylation is 1. The Balaban J connectivity index is 1.49. The lowest BCUT2D eigenvalue weighted by Gasteiger charge is -2.10. The molecule has 0 spiro atoms. The maximum absolute atomic E-state index is 12.6. The molecule has 6 nitrogen and oxygen atoms in total. The number of aromatic nitrogens is 3. The molecule has 2 aromatic carbocycles. The fraction of sp³-hybridized carbons (Fsp3) is 0.240. The first-order valence-corrected chi connectivity index (χ1v) is 12.0. The molecule has 1 amide bonds. The summed E-state index contributed by atoms with van der Waals surface area (Å²) in [6.45, 7) is 6.47. The lowest BCUT2D eigenvalue weighted by molar-refractivity contribution is -0.115. The number of benzene rings is 2. The second-order valence-electron chi connectivity index (χ2n) is 7.60. The fourth-order valence-electron chi connectivity index (χ4n) is 3.63. The molecule has 2 heterocycles. The van der Waals surface area contributed by atoms with Gasteiger partial charge in [-0.2, -0.15) is 5.10 Å². The van der Waals surface area contributed by atoms with Gasteiger partial charge in [-0.25, -0.2) is 9.67 Å². The zero-order chi connectivity index (χ0) is 23.4. The SMILES string of the molecule is CCOc1ccccc1NC(=O)Cc1csc(-n2nc(C)c(Cc3ccccc3Cl)c2C)n1. The van der Waals surface area contributed by atoms with E-state index in [4.69, 9.17) is 21.4 Å². The van der Waals surface area contributed by atoms with Crippen LogP contribution in [-0.2, 0) is 17.6 Å². The topological polar surface area (TPSA) is 69.0 Å². The Kier molecular flexibility index (Phi) is 7.11. The molecule has 0 aliphatic rings. The summed E-state index contributed by atoms with van der Waals surface area (Å²) in [6, 6.07) is 15.2. The Hall–Kier alpha value is -3.16. The maximum Gasteiger partial charge on any atom is 0.230 e. The van der Waals surface area contributed by atoms with Crippen LogP contribution in [0, 0.1) is 13.8 Å². The Morgan fingerprint density at radius 3 is 2.70 bits per heavy atom. The maximum atomic E-state index is 12.6. The lowest BCUT2D eigenvalue weighted by Crippen LogP contribution is -2.15. The van der Waals surface area contributed by atoms with Crippen LogP contribution in [0.25, 0.3) is 5.13 Å². The molecule has 0 bridgehead atoms. The van der Waals surface area contributed by atoms with Crippen LogP contribution in [0.4, 0.5) is 5.69 Å². The molecule has 4 aromatic rings. The van der Waals surface area contributed by atoms with Crippen molar-refractivity contribution in [2.75, 3.05) is 11.9 Å². The average molecular weight is 481 g/mol. The minimum atomic E-state index is -0.147. The smallest absolute Gasteiger partial charge is 0.230 e. The minimum Gasteiger partial charge on any atom is -0.492 e. The molecule has 2 aromatic heterocycles. The number of para-hydroxylation sites is 2. The summed E-state index contributed by atoms with van der Waals surface area (Å²) < 4.78 is 7.42. The molecule has 1 N–H and O–H groups in total. The van der Waals surface area contributed by atoms with Crippen molar-refractivity contribution in [1.29, 1.82) is 0 Å². The van der Waals surface area contributed by atoms with Gasteiger partial charge in [0.05, 0.1) is 30.1 Å². The van der Waals surface area contributed by atoms with Gasteiger partial charge in [-0.15, -0.1) is 11.3 Å². The highest BCUT2D eigenvalue weighted by Gasteiger charge is 2.17. The van der Waals surface area contributed by atoms with Gasteiger partial charge < -0.3 is 10.1 Å². The van der Waals surface area contributed by atoms with Gasteiger partial charge in [0, 0.05) is 28.1 Å². The Morgan fingerprint density at radius 2 is 1.91 bits per heavy atom. The van der Waals surface area contributed by atoms with Crippen molar-refractivity contribution < 1.29 is 9.53 Å². The summed E-state index contributed by atoms with van der Waals surface area (Å²) in [5.74, 6) is 0.507. The van der Waals surface area contributed by atoms with Gasteiger partial charge in [0.25, 0.3) is 0 Å². The predicted octanol–water partition coefficient (Wildman–Crippen LogP) is 5.77. The highest BCUT2D eigenvalue weighted by atomic mass is 35.5. The first kappa shape index (κ1) is 23.0. The third-order valence-electron chi connectivity index (χ3n) is 5.29. The molecule has 170 valence electrons. The van der Waals surface area contributed by atoms with E-state index in [1.165, 1.54) is 11.3 Å². The molecule has 0 aliphatic heterocycles. The van der Waals surface area contributed by atoms with Crippen molar-refractivity contribution in [3.05, 3.63) is 87.1 Å².